The lowest BCUT2D eigenvalue weighted by atomic mass is 9.83. The van der Waals surface area contributed by atoms with Gasteiger partial charge in [-0.25, -0.2) is 9.59 Å². The molecule has 10 heteroatoms. The number of carbonyl (C=O) groups excluding carboxylic acids is 4. The number of aromatic carboxylic acids is 2. The summed E-state index contributed by atoms with van der Waals surface area (Å²) in [5, 5.41) is 24.7. The molecule has 2 aliphatic heterocycles. The Hall–Kier alpha value is -5.38. The summed E-state index contributed by atoms with van der Waals surface area (Å²) in [6.45, 7) is 0. The van der Waals surface area contributed by atoms with E-state index in [0.717, 1.165) is 0 Å². The number of carboxylic acid groups (broad SMARTS) is 2. The number of amides is 4. The Labute approximate surface area is 200 Å². The molecule has 4 aromatic rings. The number of benzene rings is 4. The highest BCUT2D eigenvalue weighted by Crippen LogP contribution is 2.42. The summed E-state index contributed by atoms with van der Waals surface area (Å²) >= 11 is 0. The number of carboxylic acids is 2. The second-order valence-corrected chi connectivity index (χ2v) is 8.32. The lowest BCUT2D eigenvalue weighted by Crippen LogP contribution is -2.35. The third-order valence-corrected chi connectivity index (χ3v) is 6.50. The van der Waals surface area contributed by atoms with Crippen molar-refractivity contribution in [2.24, 2.45) is 0 Å². The first-order chi connectivity index (χ1) is 17.2. The SMILES string of the molecule is O=C1NC(=O)c2ccc(-c3ccc4c5c(ccc(C(=O)O)c35)C(=O)NC4=O)c3c(C(=O)O)ccc1c23. The number of nitrogens with one attached hydrogen (secondary N) is 2. The maximum absolute atomic E-state index is 12.5. The summed E-state index contributed by atoms with van der Waals surface area (Å²) in [5.41, 5.74) is 0.368. The van der Waals surface area contributed by atoms with Crippen molar-refractivity contribution in [2.75, 3.05) is 0 Å². The predicted molar refractivity (Wildman–Crippen MR) is 124 cm³/mol. The molecule has 4 aromatic carbocycles. The fourth-order valence-electron chi connectivity index (χ4n) is 5.03. The fraction of sp³-hybridized carbons (Fsp3) is 0. The van der Waals surface area contributed by atoms with Crippen molar-refractivity contribution in [3.05, 3.63) is 81.9 Å². The summed E-state index contributed by atoms with van der Waals surface area (Å²) in [6.07, 6.45) is 0. The van der Waals surface area contributed by atoms with Crippen LogP contribution >= 0.6 is 0 Å². The molecule has 2 heterocycles. The molecule has 0 atom stereocenters. The van der Waals surface area contributed by atoms with E-state index in [0.29, 0.717) is 0 Å². The molecule has 10 nitrogen and oxygen atoms in total. The molecule has 0 unspecified atom stereocenters. The van der Waals surface area contributed by atoms with Crippen molar-refractivity contribution < 1.29 is 39.0 Å². The Morgan fingerprint density at radius 2 is 0.722 bits per heavy atom. The third-order valence-electron chi connectivity index (χ3n) is 6.50. The van der Waals surface area contributed by atoms with Crippen molar-refractivity contribution in [1.82, 2.24) is 10.6 Å². The van der Waals surface area contributed by atoms with Gasteiger partial charge in [-0.15, -0.1) is 0 Å². The van der Waals surface area contributed by atoms with Crippen LogP contribution in [0, 0.1) is 0 Å². The standard InChI is InChI=1S/C26H12N2O8/c29-21-11-3-1-9(17-15(25(33)34)7-5-13(19(11)17)23(31)27-21)10-2-4-12-20-14(24(32)28-22(12)30)6-8-16(18(10)20)26(35)36/h1-8H,(H,33,34)(H,35,36)(H,27,29,31)(H,28,30,32). The van der Waals surface area contributed by atoms with Gasteiger partial charge >= 0.3 is 11.9 Å². The molecular weight excluding hydrogens is 468 g/mol. The van der Waals surface area contributed by atoms with Crippen LogP contribution in [0.1, 0.15) is 62.1 Å². The minimum atomic E-state index is -1.32. The number of imide groups is 2. The van der Waals surface area contributed by atoms with Crippen LogP contribution in [0.15, 0.2) is 48.5 Å². The van der Waals surface area contributed by atoms with E-state index >= 15 is 0 Å². The highest BCUT2D eigenvalue weighted by atomic mass is 16.4. The molecular formula is C26H12N2O8. The Kier molecular flexibility index (Phi) is 4.15. The fourth-order valence-corrected chi connectivity index (χ4v) is 5.03. The zero-order chi connectivity index (χ0) is 25.5. The van der Waals surface area contributed by atoms with Crippen LogP contribution in [0.25, 0.3) is 32.7 Å². The molecule has 0 saturated carbocycles. The Morgan fingerprint density at radius 3 is 1.03 bits per heavy atom. The molecule has 0 fully saturated rings. The first kappa shape index (κ1) is 21.2. The smallest absolute Gasteiger partial charge is 0.336 e. The van der Waals surface area contributed by atoms with Crippen molar-refractivity contribution in [2.45, 2.75) is 0 Å². The van der Waals surface area contributed by atoms with E-state index in [4.69, 9.17) is 0 Å². The molecule has 0 aliphatic carbocycles. The molecule has 0 aromatic heterocycles. The average molecular weight is 480 g/mol. The maximum atomic E-state index is 12.5. The van der Waals surface area contributed by atoms with Crippen LogP contribution in [-0.2, 0) is 0 Å². The molecule has 2 aliphatic rings. The average Bonchev–Trinajstić information content (AvgIpc) is 2.84. The minimum Gasteiger partial charge on any atom is -0.478 e. The van der Waals surface area contributed by atoms with Crippen LogP contribution in [0.2, 0.25) is 0 Å². The zero-order valence-electron chi connectivity index (χ0n) is 18.0. The molecule has 0 spiro atoms. The molecule has 4 N–H and O–H groups in total. The second-order valence-electron chi connectivity index (χ2n) is 8.32. The predicted octanol–water partition coefficient (Wildman–Crippen LogP) is 2.82. The van der Waals surface area contributed by atoms with Gasteiger partial charge < -0.3 is 10.2 Å². The molecule has 36 heavy (non-hydrogen) atoms. The van der Waals surface area contributed by atoms with Crippen LogP contribution in [0.5, 0.6) is 0 Å². The highest BCUT2D eigenvalue weighted by Gasteiger charge is 2.32. The summed E-state index contributed by atoms with van der Waals surface area (Å²) in [5.74, 6) is -5.44. The molecule has 6 rings (SSSR count). The normalized spacial score (nSPS) is 14.1. The molecule has 4 amide bonds. The Morgan fingerprint density at radius 1 is 0.444 bits per heavy atom. The quantitative estimate of drug-likeness (QED) is 0.325. The summed E-state index contributed by atoms with van der Waals surface area (Å²) in [6, 6.07) is 10.9. The van der Waals surface area contributed by atoms with Gasteiger partial charge in [0.1, 0.15) is 0 Å². The van der Waals surface area contributed by atoms with Gasteiger partial charge in [0, 0.05) is 43.8 Å². The molecule has 0 saturated heterocycles. The van der Waals surface area contributed by atoms with Crippen molar-refractivity contribution in [3.63, 3.8) is 0 Å². The molecule has 0 radical (unpaired) electrons. The van der Waals surface area contributed by atoms with Crippen molar-refractivity contribution in [1.29, 1.82) is 0 Å². The zero-order valence-corrected chi connectivity index (χ0v) is 18.0. The van der Waals surface area contributed by atoms with E-state index in [1.165, 1.54) is 48.5 Å². The lowest BCUT2D eigenvalue weighted by Gasteiger charge is -2.23. The van der Waals surface area contributed by atoms with Gasteiger partial charge in [0.15, 0.2) is 0 Å². The van der Waals surface area contributed by atoms with Gasteiger partial charge in [0.25, 0.3) is 23.6 Å². The van der Waals surface area contributed by atoms with Crippen LogP contribution in [-0.4, -0.2) is 45.8 Å². The van der Waals surface area contributed by atoms with E-state index < -0.39 is 35.6 Å². The van der Waals surface area contributed by atoms with Crippen LogP contribution < -0.4 is 10.6 Å². The number of carbonyl (C=O) groups is 6. The Balaban J connectivity index is 1.85. The highest BCUT2D eigenvalue weighted by molar-refractivity contribution is 6.32. The van der Waals surface area contributed by atoms with Crippen LogP contribution in [0.3, 0.4) is 0 Å². The van der Waals surface area contributed by atoms with Gasteiger partial charge in [0.2, 0.25) is 0 Å². The summed E-state index contributed by atoms with van der Waals surface area (Å²) < 4.78 is 0. The minimum absolute atomic E-state index is 0.0596. The lowest BCUT2D eigenvalue weighted by molar-refractivity contribution is 0.0688. The topological polar surface area (TPSA) is 167 Å². The van der Waals surface area contributed by atoms with E-state index in [1.54, 1.807) is 0 Å². The first-order valence-corrected chi connectivity index (χ1v) is 10.6. The largest absolute Gasteiger partial charge is 0.478 e. The van der Waals surface area contributed by atoms with E-state index in [-0.39, 0.29) is 66.1 Å². The summed E-state index contributed by atoms with van der Waals surface area (Å²) in [4.78, 5) is 74.5. The number of hydrogen-bond donors (Lipinski definition) is 4. The second kappa shape index (κ2) is 7.06. The van der Waals surface area contributed by atoms with Crippen molar-refractivity contribution in [3.8, 4) is 11.1 Å². The number of rotatable bonds is 3. The van der Waals surface area contributed by atoms with Crippen LogP contribution in [0.4, 0.5) is 0 Å². The van der Waals surface area contributed by atoms with Gasteiger partial charge in [-0.3, -0.25) is 29.8 Å². The van der Waals surface area contributed by atoms with Crippen molar-refractivity contribution >= 4 is 57.1 Å². The first-order valence-electron chi connectivity index (χ1n) is 10.6. The molecule has 0 bridgehead atoms. The van der Waals surface area contributed by atoms with Gasteiger partial charge in [-0.2, -0.15) is 0 Å². The third kappa shape index (κ3) is 2.66. The van der Waals surface area contributed by atoms with E-state index in [9.17, 15) is 39.0 Å². The number of hydrogen-bond acceptors (Lipinski definition) is 6. The monoisotopic (exact) mass is 480 g/mol. The maximum Gasteiger partial charge on any atom is 0.336 e. The Bertz CT molecular complexity index is 1650. The molecule has 174 valence electrons. The summed E-state index contributed by atoms with van der Waals surface area (Å²) in [7, 11) is 0. The van der Waals surface area contributed by atoms with E-state index in [1.807, 2.05) is 0 Å². The van der Waals surface area contributed by atoms with Gasteiger partial charge in [0.05, 0.1) is 11.1 Å². The van der Waals surface area contributed by atoms with Gasteiger partial charge in [-0.1, -0.05) is 12.1 Å². The van der Waals surface area contributed by atoms with E-state index in [2.05, 4.69) is 10.6 Å². The van der Waals surface area contributed by atoms with Gasteiger partial charge in [-0.05, 0) is 47.5 Å².